The number of aromatic nitrogens is 2. The molecule has 2 aromatic heterocycles. The third-order valence-electron chi connectivity index (χ3n) is 4.53. The molecule has 4 rings (SSSR count). The van der Waals surface area contributed by atoms with Gasteiger partial charge < -0.3 is 14.3 Å². The number of piperidine rings is 1. The summed E-state index contributed by atoms with van der Waals surface area (Å²) in [6, 6.07) is 11.7. The van der Waals surface area contributed by atoms with E-state index in [9.17, 15) is 4.79 Å². The predicted octanol–water partition coefficient (Wildman–Crippen LogP) is 3.48. The molecule has 0 bridgehead atoms. The Hall–Kier alpha value is -2.56. The first-order valence-electron chi connectivity index (χ1n) is 8.01. The van der Waals surface area contributed by atoms with Crippen molar-refractivity contribution in [2.75, 3.05) is 13.1 Å². The van der Waals surface area contributed by atoms with Crippen LogP contribution in [0.3, 0.4) is 0 Å². The van der Waals surface area contributed by atoms with Crippen molar-refractivity contribution in [2.24, 2.45) is 0 Å². The fourth-order valence-corrected chi connectivity index (χ4v) is 3.23. The van der Waals surface area contributed by atoms with Crippen LogP contribution in [0, 0.1) is 6.92 Å². The van der Waals surface area contributed by atoms with E-state index in [1.807, 2.05) is 42.2 Å². The Labute approximate surface area is 134 Å². The molecule has 23 heavy (non-hydrogen) atoms. The molecular weight excluding hydrogens is 290 g/mol. The van der Waals surface area contributed by atoms with Crippen molar-refractivity contribution >= 4 is 16.9 Å². The van der Waals surface area contributed by atoms with E-state index in [2.05, 4.69) is 4.98 Å². The van der Waals surface area contributed by atoms with Crippen molar-refractivity contribution < 1.29 is 9.21 Å². The van der Waals surface area contributed by atoms with E-state index in [4.69, 9.17) is 9.40 Å². The number of H-pyrrole nitrogens is 1. The molecule has 0 spiro atoms. The number of aryl methyl sites for hydroxylation is 1. The molecule has 0 radical (unpaired) electrons. The summed E-state index contributed by atoms with van der Waals surface area (Å²) in [5, 5.41) is 0. The predicted molar refractivity (Wildman–Crippen MR) is 87.4 cm³/mol. The van der Waals surface area contributed by atoms with Crippen molar-refractivity contribution in [3.05, 3.63) is 53.7 Å². The van der Waals surface area contributed by atoms with Gasteiger partial charge in [-0.15, -0.1) is 0 Å². The van der Waals surface area contributed by atoms with Gasteiger partial charge in [0, 0.05) is 19.0 Å². The van der Waals surface area contributed by atoms with E-state index in [1.165, 1.54) is 0 Å². The number of amides is 1. The van der Waals surface area contributed by atoms with E-state index < -0.39 is 0 Å². The highest BCUT2D eigenvalue weighted by molar-refractivity contribution is 5.91. The van der Waals surface area contributed by atoms with Crippen molar-refractivity contribution in [1.29, 1.82) is 0 Å². The molecule has 3 aromatic rings. The highest BCUT2D eigenvalue weighted by Crippen LogP contribution is 2.28. The minimum atomic E-state index is -0.0128. The molecule has 0 unspecified atom stereocenters. The van der Waals surface area contributed by atoms with Crippen LogP contribution in [-0.2, 0) is 0 Å². The molecule has 1 aliphatic rings. The molecule has 1 amide bonds. The number of para-hydroxylation sites is 2. The summed E-state index contributed by atoms with van der Waals surface area (Å²) in [4.78, 5) is 22.4. The lowest BCUT2D eigenvalue weighted by Crippen LogP contribution is -2.37. The van der Waals surface area contributed by atoms with Gasteiger partial charge in [-0.3, -0.25) is 4.79 Å². The van der Waals surface area contributed by atoms with Crippen LogP contribution < -0.4 is 0 Å². The summed E-state index contributed by atoms with van der Waals surface area (Å²) in [6.45, 7) is 3.32. The third-order valence-corrected chi connectivity index (χ3v) is 4.53. The van der Waals surface area contributed by atoms with Crippen molar-refractivity contribution in [2.45, 2.75) is 25.7 Å². The van der Waals surface area contributed by atoms with Crippen LogP contribution in [-0.4, -0.2) is 33.9 Å². The number of carbonyl (C=O) groups excluding carboxylic acids is 1. The molecule has 118 valence electrons. The average molecular weight is 309 g/mol. The summed E-state index contributed by atoms with van der Waals surface area (Å²) >= 11 is 0. The van der Waals surface area contributed by atoms with Gasteiger partial charge in [0.25, 0.3) is 5.91 Å². The second-order valence-electron chi connectivity index (χ2n) is 6.12. The maximum atomic E-state index is 12.4. The molecule has 5 nitrogen and oxygen atoms in total. The molecule has 1 saturated heterocycles. The average Bonchev–Trinajstić information content (AvgIpc) is 3.20. The highest BCUT2D eigenvalue weighted by Gasteiger charge is 2.27. The van der Waals surface area contributed by atoms with E-state index >= 15 is 0 Å². The summed E-state index contributed by atoms with van der Waals surface area (Å²) in [6.07, 6.45) is 1.84. The number of furan rings is 1. The van der Waals surface area contributed by atoms with E-state index in [0.717, 1.165) is 48.5 Å². The van der Waals surface area contributed by atoms with Crippen molar-refractivity contribution in [3.8, 4) is 0 Å². The molecule has 1 fully saturated rings. The maximum absolute atomic E-state index is 12.4. The van der Waals surface area contributed by atoms with Gasteiger partial charge in [-0.05, 0) is 44.0 Å². The number of hydrogen-bond acceptors (Lipinski definition) is 3. The van der Waals surface area contributed by atoms with Gasteiger partial charge in [0.2, 0.25) is 0 Å². The number of rotatable bonds is 2. The van der Waals surface area contributed by atoms with Gasteiger partial charge in [-0.1, -0.05) is 12.1 Å². The topological polar surface area (TPSA) is 62.1 Å². The Morgan fingerprint density at radius 1 is 1.22 bits per heavy atom. The zero-order valence-electron chi connectivity index (χ0n) is 13.1. The highest BCUT2D eigenvalue weighted by atomic mass is 16.3. The number of benzene rings is 1. The number of fused-ring (bicyclic) bond motifs is 1. The van der Waals surface area contributed by atoms with Crippen LogP contribution in [0.2, 0.25) is 0 Å². The van der Waals surface area contributed by atoms with Crippen LogP contribution in [0.15, 0.2) is 40.8 Å². The first-order valence-corrected chi connectivity index (χ1v) is 8.01. The molecule has 3 heterocycles. The standard InChI is InChI=1S/C18H19N3O2/c1-12-6-7-16(23-12)18(22)21-10-8-13(9-11-21)17-19-14-4-2-3-5-15(14)20-17/h2-7,13H,8-11H2,1H3,(H,19,20). The van der Waals surface area contributed by atoms with Gasteiger partial charge >= 0.3 is 0 Å². The maximum Gasteiger partial charge on any atom is 0.289 e. The van der Waals surface area contributed by atoms with Crippen molar-refractivity contribution in [3.63, 3.8) is 0 Å². The first kappa shape index (κ1) is 14.1. The fourth-order valence-electron chi connectivity index (χ4n) is 3.23. The smallest absolute Gasteiger partial charge is 0.289 e. The number of imidazole rings is 1. The third kappa shape index (κ3) is 2.63. The lowest BCUT2D eigenvalue weighted by Gasteiger charge is -2.30. The lowest BCUT2D eigenvalue weighted by atomic mass is 9.96. The fraction of sp³-hybridized carbons (Fsp3) is 0.333. The van der Waals surface area contributed by atoms with E-state index in [0.29, 0.717) is 11.7 Å². The molecule has 0 atom stereocenters. The van der Waals surface area contributed by atoms with Crippen LogP contribution in [0.25, 0.3) is 11.0 Å². The Morgan fingerprint density at radius 3 is 2.70 bits per heavy atom. The second kappa shape index (κ2) is 5.57. The summed E-state index contributed by atoms with van der Waals surface area (Å²) in [7, 11) is 0. The Balaban J connectivity index is 1.45. The monoisotopic (exact) mass is 309 g/mol. The number of nitrogens with zero attached hydrogens (tertiary/aromatic N) is 2. The van der Waals surface area contributed by atoms with Gasteiger partial charge in [0.15, 0.2) is 5.76 Å². The van der Waals surface area contributed by atoms with Crippen LogP contribution in [0.4, 0.5) is 0 Å². The van der Waals surface area contributed by atoms with Crippen molar-refractivity contribution in [1.82, 2.24) is 14.9 Å². The Kier molecular flexibility index (Phi) is 3.41. The lowest BCUT2D eigenvalue weighted by molar-refractivity contribution is 0.0677. The van der Waals surface area contributed by atoms with Crippen LogP contribution >= 0.6 is 0 Å². The number of aromatic amines is 1. The van der Waals surface area contributed by atoms with Gasteiger partial charge in [-0.25, -0.2) is 4.98 Å². The Morgan fingerprint density at radius 2 is 2.00 bits per heavy atom. The quantitative estimate of drug-likeness (QED) is 0.788. The number of hydrogen-bond donors (Lipinski definition) is 1. The second-order valence-corrected chi connectivity index (χ2v) is 6.12. The molecule has 5 heteroatoms. The summed E-state index contributed by atoms with van der Waals surface area (Å²) in [5.74, 6) is 2.60. The minimum absolute atomic E-state index is 0.0128. The zero-order chi connectivity index (χ0) is 15.8. The normalized spacial score (nSPS) is 16.1. The molecule has 0 saturated carbocycles. The summed E-state index contributed by atoms with van der Waals surface area (Å²) in [5.41, 5.74) is 2.08. The van der Waals surface area contributed by atoms with Crippen LogP contribution in [0.5, 0.6) is 0 Å². The van der Waals surface area contributed by atoms with E-state index in [-0.39, 0.29) is 5.91 Å². The first-order chi connectivity index (χ1) is 11.2. The summed E-state index contributed by atoms with van der Waals surface area (Å²) < 4.78 is 5.44. The molecule has 1 aromatic carbocycles. The number of nitrogens with one attached hydrogen (secondary N) is 1. The molecule has 1 aliphatic heterocycles. The van der Waals surface area contributed by atoms with Gasteiger partial charge in [0.1, 0.15) is 11.6 Å². The number of carbonyl (C=O) groups is 1. The zero-order valence-corrected chi connectivity index (χ0v) is 13.1. The SMILES string of the molecule is Cc1ccc(C(=O)N2CCC(c3nc4ccccc4[nH]3)CC2)o1. The minimum Gasteiger partial charge on any atom is -0.456 e. The van der Waals surface area contributed by atoms with Gasteiger partial charge in [0.05, 0.1) is 11.0 Å². The van der Waals surface area contributed by atoms with E-state index in [1.54, 1.807) is 6.07 Å². The van der Waals surface area contributed by atoms with Crippen LogP contribution in [0.1, 0.15) is 40.9 Å². The largest absolute Gasteiger partial charge is 0.456 e. The molecule has 1 N–H and O–H groups in total. The Bertz CT molecular complexity index is 808. The van der Waals surface area contributed by atoms with Gasteiger partial charge in [-0.2, -0.15) is 0 Å². The number of likely N-dealkylation sites (tertiary alicyclic amines) is 1. The molecule has 0 aliphatic carbocycles. The molecular formula is C18H19N3O2.